The summed E-state index contributed by atoms with van der Waals surface area (Å²) in [6.45, 7) is 0.515. The normalized spacial score (nSPS) is 10.9. The van der Waals surface area contributed by atoms with Crippen LogP contribution in [0.15, 0.2) is 72.8 Å². The Morgan fingerprint density at radius 3 is 2.50 bits per heavy atom. The number of nitrogens with two attached hydrogens (primary N) is 1. The first-order valence-corrected chi connectivity index (χ1v) is 9.14. The highest BCUT2D eigenvalue weighted by molar-refractivity contribution is 6.09. The lowest BCUT2D eigenvalue weighted by Crippen LogP contribution is -2.25. The molecule has 140 valence electrons. The molecular formula is C23H21N3O2. The fourth-order valence-electron chi connectivity index (χ4n) is 3.28. The van der Waals surface area contributed by atoms with Crippen molar-refractivity contribution in [2.45, 2.75) is 6.42 Å². The molecule has 0 bridgehead atoms. The van der Waals surface area contributed by atoms with Gasteiger partial charge in [-0.25, -0.2) is 0 Å². The maximum absolute atomic E-state index is 12.7. The molecule has 0 aliphatic heterocycles. The molecule has 3 aromatic carbocycles. The Hall–Kier alpha value is -3.73. The number of amides is 1. The number of hydrogen-bond acceptors (Lipinski definition) is 3. The summed E-state index contributed by atoms with van der Waals surface area (Å²) < 4.78 is 0. The van der Waals surface area contributed by atoms with Gasteiger partial charge < -0.3 is 21.1 Å². The van der Waals surface area contributed by atoms with Crippen LogP contribution in [-0.4, -0.2) is 22.5 Å². The average Bonchev–Trinajstić information content (AvgIpc) is 3.17. The Bertz CT molecular complexity index is 1120. The van der Waals surface area contributed by atoms with Gasteiger partial charge in [0.1, 0.15) is 5.75 Å². The number of H-pyrrole nitrogens is 1. The lowest BCUT2D eigenvalue weighted by atomic mass is 10.1. The molecule has 4 rings (SSSR count). The monoisotopic (exact) mass is 371 g/mol. The number of aromatic hydroxyl groups is 1. The molecule has 0 unspecified atom stereocenters. The second-order valence-electron chi connectivity index (χ2n) is 6.72. The molecule has 0 radical (unpaired) electrons. The van der Waals surface area contributed by atoms with Gasteiger partial charge in [-0.3, -0.25) is 4.79 Å². The maximum atomic E-state index is 12.7. The molecule has 28 heavy (non-hydrogen) atoms. The molecule has 5 nitrogen and oxygen atoms in total. The number of anilines is 1. The van der Waals surface area contributed by atoms with Gasteiger partial charge in [0.05, 0.1) is 5.52 Å². The molecule has 0 aliphatic rings. The SMILES string of the molecule is Nc1ccc(CCNC(=O)c2ccc(O)c3[nH]c(-c4ccccc4)cc23)cc1. The molecule has 0 spiro atoms. The third kappa shape index (κ3) is 3.55. The maximum Gasteiger partial charge on any atom is 0.251 e. The minimum absolute atomic E-state index is 0.121. The van der Waals surface area contributed by atoms with Crippen molar-refractivity contribution >= 4 is 22.5 Å². The van der Waals surface area contributed by atoms with Crippen molar-refractivity contribution in [1.82, 2.24) is 10.3 Å². The first-order chi connectivity index (χ1) is 13.6. The second kappa shape index (κ2) is 7.48. The number of fused-ring (bicyclic) bond motifs is 1. The van der Waals surface area contributed by atoms with Crippen LogP contribution in [0.25, 0.3) is 22.2 Å². The smallest absolute Gasteiger partial charge is 0.251 e. The van der Waals surface area contributed by atoms with Crippen LogP contribution in [0.4, 0.5) is 5.69 Å². The summed E-state index contributed by atoms with van der Waals surface area (Å²) in [4.78, 5) is 16.0. The number of phenols is 1. The summed E-state index contributed by atoms with van der Waals surface area (Å²) in [5.41, 5.74) is 10.5. The number of hydrogen-bond donors (Lipinski definition) is 4. The molecule has 1 heterocycles. The third-order valence-corrected chi connectivity index (χ3v) is 4.78. The lowest BCUT2D eigenvalue weighted by Gasteiger charge is -2.07. The third-order valence-electron chi connectivity index (χ3n) is 4.78. The molecule has 0 atom stereocenters. The first-order valence-electron chi connectivity index (χ1n) is 9.14. The lowest BCUT2D eigenvalue weighted by molar-refractivity contribution is 0.0956. The molecule has 4 aromatic rings. The van der Waals surface area contributed by atoms with Gasteiger partial charge in [-0.1, -0.05) is 42.5 Å². The Balaban J connectivity index is 1.55. The number of benzene rings is 3. The van der Waals surface area contributed by atoms with Crippen molar-refractivity contribution < 1.29 is 9.90 Å². The van der Waals surface area contributed by atoms with E-state index in [1.54, 1.807) is 12.1 Å². The summed E-state index contributed by atoms with van der Waals surface area (Å²) in [7, 11) is 0. The molecule has 1 aromatic heterocycles. The van der Waals surface area contributed by atoms with E-state index in [0.717, 1.165) is 28.9 Å². The topological polar surface area (TPSA) is 91.1 Å². The van der Waals surface area contributed by atoms with Gasteiger partial charge in [-0.2, -0.15) is 0 Å². The number of aromatic nitrogens is 1. The van der Waals surface area contributed by atoms with E-state index in [1.165, 1.54) is 0 Å². The molecule has 0 saturated heterocycles. The number of nitrogen functional groups attached to an aromatic ring is 1. The van der Waals surface area contributed by atoms with Gasteiger partial charge in [0.25, 0.3) is 5.91 Å². The number of nitrogens with one attached hydrogen (secondary N) is 2. The zero-order valence-corrected chi connectivity index (χ0v) is 15.3. The molecule has 1 amide bonds. The van der Waals surface area contributed by atoms with Crippen LogP contribution in [0.3, 0.4) is 0 Å². The number of carbonyl (C=O) groups is 1. The fourth-order valence-corrected chi connectivity index (χ4v) is 3.28. The summed E-state index contributed by atoms with van der Waals surface area (Å²) in [5, 5.41) is 13.9. The van der Waals surface area contributed by atoms with Crippen LogP contribution < -0.4 is 11.1 Å². The summed E-state index contributed by atoms with van der Waals surface area (Å²) >= 11 is 0. The summed E-state index contributed by atoms with van der Waals surface area (Å²) in [6, 6.07) is 22.5. The van der Waals surface area contributed by atoms with Gasteiger partial charge in [0.15, 0.2) is 0 Å². The fraction of sp³-hybridized carbons (Fsp3) is 0.0870. The Morgan fingerprint density at radius 2 is 1.75 bits per heavy atom. The minimum Gasteiger partial charge on any atom is -0.506 e. The van der Waals surface area contributed by atoms with Gasteiger partial charge in [-0.15, -0.1) is 0 Å². The molecule has 0 fully saturated rings. The number of carbonyl (C=O) groups excluding carboxylic acids is 1. The minimum atomic E-state index is -0.168. The van der Waals surface area contributed by atoms with Gasteiger partial charge in [-0.05, 0) is 47.9 Å². The van der Waals surface area contributed by atoms with Crippen molar-refractivity contribution in [2.75, 3.05) is 12.3 Å². The van der Waals surface area contributed by atoms with E-state index >= 15 is 0 Å². The predicted molar refractivity (Wildman–Crippen MR) is 112 cm³/mol. The predicted octanol–water partition coefficient (Wildman–Crippen LogP) is 4.10. The van der Waals surface area contributed by atoms with Crippen LogP contribution in [0.2, 0.25) is 0 Å². The largest absolute Gasteiger partial charge is 0.506 e. The standard InChI is InChI=1S/C23H21N3O2/c24-17-8-6-15(7-9-17)12-13-25-23(28)18-10-11-21(27)22-19(18)14-20(26-22)16-4-2-1-3-5-16/h1-11,14,26-27H,12-13,24H2,(H,25,28). The van der Waals surface area contributed by atoms with Crippen LogP contribution in [0, 0.1) is 0 Å². The van der Waals surface area contributed by atoms with Crippen molar-refractivity contribution in [3.8, 4) is 17.0 Å². The van der Waals surface area contributed by atoms with E-state index < -0.39 is 0 Å². The van der Waals surface area contributed by atoms with E-state index in [9.17, 15) is 9.90 Å². The number of aromatic amines is 1. The van der Waals surface area contributed by atoms with Gasteiger partial charge in [0, 0.05) is 28.9 Å². The number of phenolic OH excluding ortho intramolecular Hbond substituents is 1. The Kier molecular flexibility index (Phi) is 4.72. The summed E-state index contributed by atoms with van der Waals surface area (Å²) in [6.07, 6.45) is 0.718. The second-order valence-corrected chi connectivity index (χ2v) is 6.72. The summed E-state index contributed by atoms with van der Waals surface area (Å²) in [5.74, 6) is -0.0466. The molecule has 5 heteroatoms. The molecule has 5 N–H and O–H groups in total. The average molecular weight is 371 g/mol. The Morgan fingerprint density at radius 1 is 1.00 bits per heavy atom. The van der Waals surface area contributed by atoms with Crippen LogP contribution in [0.5, 0.6) is 5.75 Å². The van der Waals surface area contributed by atoms with E-state index in [1.807, 2.05) is 60.7 Å². The Labute approximate surface area is 162 Å². The van der Waals surface area contributed by atoms with Gasteiger partial charge in [0.2, 0.25) is 0 Å². The van der Waals surface area contributed by atoms with Crippen LogP contribution >= 0.6 is 0 Å². The zero-order valence-electron chi connectivity index (χ0n) is 15.3. The van der Waals surface area contributed by atoms with E-state index in [0.29, 0.717) is 23.0 Å². The number of rotatable bonds is 5. The highest BCUT2D eigenvalue weighted by Gasteiger charge is 2.15. The van der Waals surface area contributed by atoms with Crippen molar-refractivity contribution in [3.63, 3.8) is 0 Å². The van der Waals surface area contributed by atoms with E-state index in [4.69, 9.17) is 5.73 Å². The van der Waals surface area contributed by atoms with Gasteiger partial charge >= 0.3 is 0 Å². The van der Waals surface area contributed by atoms with E-state index in [-0.39, 0.29) is 11.7 Å². The molecule has 0 saturated carbocycles. The van der Waals surface area contributed by atoms with Crippen molar-refractivity contribution in [2.24, 2.45) is 0 Å². The zero-order chi connectivity index (χ0) is 19.5. The van der Waals surface area contributed by atoms with Crippen molar-refractivity contribution in [1.29, 1.82) is 0 Å². The molecular weight excluding hydrogens is 350 g/mol. The van der Waals surface area contributed by atoms with Crippen molar-refractivity contribution in [3.05, 3.63) is 83.9 Å². The first kappa shape index (κ1) is 17.7. The quantitative estimate of drug-likeness (QED) is 0.398. The van der Waals surface area contributed by atoms with Crippen LogP contribution in [-0.2, 0) is 6.42 Å². The molecule has 0 aliphatic carbocycles. The van der Waals surface area contributed by atoms with Crippen LogP contribution in [0.1, 0.15) is 15.9 Å². The highest BCUT2D eigenvalue weighted by atomic mass is 16.3. The highest BCUT2D eigenvalue weighted by Crippen LogP contribution is 2.31. The van der Waals surface area contributed by atoms with E-state index in [2.05, 4.69) is 10.3 Å².